The molecule has 1 heterocycles. The van der Waals surface area contributed by atoms with Crippen molar-refractivity contribution in [2.75, 3.05) is 13.7 Å². The van der Waals surface area contributed by atoms with Crippen molar-refractivity contribution in [1.82, 2.24) is 5.32 Å². The standard InChI is InChI=1S/C17H22N2O4/c1-22-16-9-13-5-4-6-14(19-12-21)11-18-15(13)10-17(16)23-8-3-2-7-20/h7,9-12,14H,2-6,8H2,1H3,(H,19,21). The third-order valence-electron chi connectivity index (χ3n) is 3.73. The van der Waals surface area contributed by atoms with Crippen LogP contribution in [0.5, 0.6) is 11.5 Å². The van der Waals surface area contributed by atoms with Crippen molar-refractivity contribution < 1.29 is 19.1 Å². The maximum atomic E-state index is 10.6. The highest BCUT2D eigenvalue weighted by Crippen LogP contribution is 2.36. The first-order chi connectivity index (χ1) is 11.3. The van der Waals surface area contributed by atoms with Gasteiger partial charge in [0.05, 0.1) is 25.4 Å². The summed E-state index contributed by atoms with van der Waals surface area (Å²) in [6, 6.07) is 3.77. The molecule has 2 rings (SSSR count). The topological polar surface area (TPSA) is 77.0 Å². The highest BCUT2D eigenvalue weighted by atomic mass is 16.5. The van der Waals surface area contributed by atoms with E-state index in [1.165, 1.54) is 0 Å². The Morgan fingerprint density at radius 3 is 2.96 bits per heavy atom. The average molecular weight is 318 g/mol. The number of aldehydes is 1. The van der Waals surface area contributed by atoms with Crippen LogP contribution in [-0.4, -0.2) is 38.7 Å². The van der Waals surface area contributed by atoms with Crippen LogP contribution in [0.15, 0.2) is 17.1 Å². The van der Waals surface area contributed by atoms with E-state index in [9.17, 15) is 9.59 Å². The zero-order chi connectivity index (χ0) is 16.5. The van der Waals surface area contributed by atoms with E-state index in [-0.39, 0.29) is 6.04 Å². The van der Waals surface area contributed by atoms with Crippen LogP contribution >= 0.6 is 0 Å². The quantitative estimate of drug-likeness (QED) is 0.589. The van der Waals surface area contributed by atoms with Crippen molar-refractivity contribution in [2.24, 2.45) is 4.99 Å². The summed E-state index contributed by atoms with van der Waals surface area (Å²) >= 11 is 0. The molecule has 1 aromatic carbocycles. The fourth-order valence-corrected chi connectivity index (χ4v) is 2.50. The second-order valence-electron chi connectivity index (χ2n) is 5.35. The molecule has 1 N–H and O–H groups in total. The number of nitrogens with zero attached hydrogens (tertiary/aromatic N) is 1. The lowest BCUT2D eigenvalue weighted by atomic mass is 10.0. The van der Waals surface area contributed by atoms with E-state index < -0.39 is 0 Å². The molecule has 124 valence electrons. The molecule has 0 spiro atoms. The van der Waals surface area contributed by atoms with Gasteiger partial charge in [0.2, 0.25) is 6.41 Å². The molecule has 0 radical (unpaired) electrons. The highest BCUT2D eigenvalue weighted by molar-refractivity contribution is 5.74. The lowest BCUT2D eigenvalue weighted by molar-refractivity contribution is -0.110. The number of ether oxygens (including phenoxy) is 2. The molecule has 6 heteroatoms. The summed E-state index contributed by atoms with van der Waals surface area (Å²) in [5, 5.41) is 2.75. The minimum atomic E-state index is -0.0419. The summed E-state index contributed by atoms with van der Waals surface area (Å²) in [7, 11) is 1.61. The van der Waals surface area contributed by atoms with E-state index in [1.807, 2.05) is 12.1 Å². The van der Waals surface area contributed by atoms with Crippen molar-refractivity contribution in [2.45, 2.75) is 38.1 Å². The van der Waals surface area contributed by atoms with Crippen LogP contribution in [0.4, 0.5) is 5.69 Å². The maximum absolute atomic E-state index is 10.6. The van der Waals surface area contributed by atoms with E-state index in [0.717, 1.165) is 36.8 Å². The van der Waals surface area contributed by atoms with Gasteiger partial charge >= 0.3 is 0 Å². The summed E-state index contributed by atoms with van der Waals surface area (Å²) in [5.41, 5.74) is 1.93. The predicted octanol–water partition coefficient (Wildman–Crippen LogP) is 2.21. The van der Waals surface area contributed by atoms with Gasteiger partial charge in [0.15, 0.2) is 11.5 Å². The zero-order valence-corrected chi connectivity index (χ0v) is 13.3. The first kappa shape index (κ1) is 17.0. The van der Waals surface area contributed by atoms with E-state index in [1.54, 1.807) is 13.3 Å². The summed E-state index contributed by atoms with van der Waals surface area (Å²) in [6.45, 7) is 0.451. The first-order valence-corrected chi connectivity index (χ1v) is 7.79. The average Bonchev–Trinajstić information content (AvgIpc) is 2.55. The molecule has 0 saturated carbocycles. The third kappa shape index (κ3) is 4.81. The number of unbranched alkanes of at least 4 members (excludes halogenated alkanes) is 1. The molecule has 0 saturated heterocycles. The second-order valence-corrected chi connectivity index (χ2v) is 5.35. The lowest BCUT2D eigenvalue weighted by Gasteiger charge is -2.18. The number of benzene rings is 1. The number of hydrogen-bond acceptors (Lipinski definition) is 5. The number of carbonyl (C=O) groups excluding carboxylic acids is 2. The van der Waals surface area contributed by atoms with E-state index >= 15 is 0 Å². The number of hydrogen-bond donors (Lipinski definition) is 1. The van der Waals surface area contributed by atoms with Gasteiger partial charge in [0.1, 0.15) is 6.29 Å². The van der Waals surface area contributed by atoms with Gasteiger partial charge in [-0.25, -0.2) is 0 Å². The monoisotopic (exact) mass is 318 g/mol. The van der Waals surface area contributed by atoms with Gasteiger partial charge in [-0.15, -0.1) is 0 Å². The van der Waals surface area contributed by atoms with Crippen LogP contribution in [0.3, 0.4) is 0 Å². The molecule has 6 nitrogen and oxygen atoms in total. The molecule has 1 aliphatic rings. The van der Waals surface area contributed by atoms with Crippen LogP contribution in [0, 0.1) is 0 Å². The number of fused-ring (bicyclic) bond motifs is 1. The summed E-state index contributed by atoms with van der Waals surface area (Å²) in [6.07, 6.45) is 7.16. The molecule has 0 aliphatic carbocycles. The Bertz CT molecular complexity index is 572. The minimum absolute atomic E-state index is 0.0419. The fourth-order valence-electron chi connectivity index (χ4n) is 2.50. The van der Waals surface area contributed by atoms with Crippen molar-refractivity contribution in [3.05, 3.63) is 17.7 Å². The molecule has 0 bridgehead atoms. The molecular formula is C17H22N2O4. The summed E-state index contributed by atoms with van der Waals surface area (Å²) < 4.78 is 11.1. The van der Waals surface area contributed by atoms with Crippen LogP contribution in [0.2, 0.25) is 0 Å². The molecule has 1 atom stereocenters. The Labute approximate surface area is 135 Å². The Morgan fingerprint density at radius 2 is 2.22 bits per heavy atom. The van der Waals surface area contributed by atoms with E-state index in [4.69, 9.17) is 9.47 Å². The third-order valence-corrected chi connectivity index (χ3v) is 3.73. The maximum Gasteiger partial charge on any atom is 0.207 e. The number of rotatable bonds is 8. The Kier molecular flexibility index (Phi) is 6.59. The molecular weight excluding hydrogens is 296 g/mol. The molecule has 1 unspecified atom stereocenters. The van der Waals surface area contributed by atoms with Gasteiger partial charge in [0.25, 0.3) is 0 Å². The molecule has 23 heavy (non-hydrogen) atoms. The first-order valence-electron chi connectivity index (χ1n) is 7.79. The minimum Gasteiger partial charge on any atom is -0.493 e. The Morgan fingerprint density at radius 1 is 1.35 bits per heavy atom. The lowest BCUT2D eigenvalue weighted by Crippen LogP contribution is -2.29. The summed E-state index contributed by atoms with van der Waals surface area (Å²) in [4.78, 5) is 25.4. The molecule has 0 aromatic heterocycles. The fraction of sp³-hybridized carbons (Fsp3) is 0.471. The van der Waals surface area contributed by atoms with Gasteiger partial charge in [-0.3, -0.25) is 9.79 Å². The van der Waals surface area contributed by atoms with Crippen LogP contribution in [0.1, 0.15) is 31.2 Å². The van der Waals surface area contributed by atoms with Crippen molar-refractivity contribution in [3.63, 3.8) is 0 Å². The number of aryl methyl sites for hydroxylation is 1. The normalized spacial score (nSPS) is 16.7. The largest absolute Gasteiger partial charge is 0.493 e. The van der Waals surface area contributed by atoms with Crippen LogP contribution < -0.4 is 14.8 Å². The molecule has 1 amide bonds. The molecule has 1 aromatic rings. The molecule has 0 fully saturated rings. The van der Waals surface area contributed by atoms with Gasteiger partial charge in [0, 0.05) is 18.7 Å². The van der Waals surface area contributed by atoms with E-state index in [2.05, 4.69) is 10.3 Å². The van der Waals surface area contributed by atoms with Crippen molar-refractivity contribution >= 4 is 24.6 Å². The van der Waals surface area contributed by atoms with Crippen LogP contribution in [0.25, 0.3) is 0 Å². The number of aliphatic imine (C=N–C) groups is 1. The van der Waals surface area contributed by atoms with Crippen molar-refractivity contribution in [1.29, 1.82) is 0 Å². The zero-order valence-electron chi connectivity index (χ0n) is 13.3. The smallest absolute Gasteiger partial charge is 0.207 e. The Hall–Kier alpha value is -2.37. The van der Waals surface area contributed by atoms with Crippen molar-refractivity contribution in [3.8, 4) is 11.5 Å². The van der Waals surface area contributed by atoms with Gasteiger partial charge in [-0.1, -0.05) is 0 Å². The number of nitrogens with one attached hydrogen (secondary N) is 1. The Balaban J connectivity index is 2.20. The number of methoxy groups -OCH3 is 1. The SMILES string of the molecule is COc1cc2c(cc1OCCCC=O)N=CC(NC=O)CCC2. The highest BCUT2D eigenvalue weighted by Gasteiger charge is 2.15. The van der Waals surface area contributed by atoms with Gasteiger partial charge < -0.3 is 19.6 Å². The van der Waals surface area contributed by atoms with Gasteiger partial charge in [-0.2, -0.15) is 0 Å². The molecule has 1 aliphatic heterocycles. The van der Waals surface area contributed by atoms with Crippen LogP contribution in [-0.2, 0) is 16.0 Å². The second kappa shape index (κ2) is 8.92. The summed E-state index contributed by atoms with van der Waals surface area (Å²) in [5.74, 6) is 1.29. The van der Waals surface area contributed by atoms with E-state index in [0.29, 0.717) is 37.4 Å². The number of carbonyl (C=O) groups is 2. The predicted molar refractivity (Wildman–Crippen MR) is 87.9 cm³/mol. The number of amides is 1. The van der Waals surface area contributed by atoms with Gasteiger partial charge in [-0.05, 0) is 37.3 Å².